The third-order valence-corrected chi connectivity index (χ3v) is 3.58. The number of rotatable bonds is 4. The van der Waals surface area contributed by atoms with Crippen LogP contribution in [0.5, 0.6) is 0 Å². The average molecular weight is 220 g/mol. The van der Waals surface area contributed by atoms with Gasteiger partial charge in [-0.2, -0.15) is 0 Å². The molecule has 1 aromatic rings. The highest BCUT2D eigenvalue weighted by Gasteiger charge is 2.36. The van der Waals surface area contributed by atoms with Crippen molar-refractivity contribution < 1.29 is 9.90 Å². The third kappa shape index (κ3) is 2.43. The van der Waals surface area contributed by atoms with Gasteiger partial charge in [0.15, 0.2) is 0 Å². The molecule has 16 heavy (non-hydrogen) atoms. The lowest BCUT2D eigenvalue weighted by Crippen LogP contribution is -2.35. The van der Waals surface area contributed by atoms with Crippen molar-refractivity contribution in [3.63, 3.8) is 0 Å². The smallest absolute Gasteiger partial charge is 0.309 e. The Morgan fingerprint density at radius 2 is 1.94 bits per heavy atom. The van der Waals surface area contributed by atoms with Crippen molar-refractivity contribution in [1.82, 2.24) is 0 Å². The first-order chi connectivity index (χ1) is 7.38. The van der Waals surface area contributed by atoms with Crippen LogP contribution in [0.1, 0.15) is 31.9 Å². The molecular formula is C14H20O2. The molecule has 0 aliphatic rings. The van der Waals surface area contributed by atoms with Gasteiger partial charge in [-0.25, -0.2) is 0 Å². The highest BCUT2D eigenvalue weighted by Crippen LogP contribution is 2.32. The standard InChI is InChI=1S/C14H20O2/c1-10(2)14(4,13(15)16)9-12-8-6-5-7-11(12)3/h5-8,10H,9H2,1-4H3,(H,15,16). The van der Waals surface area contributed by atoms with E-state index in [1.54, 1.807) is 0 Å². The summed E-state index contributed by atoms with van der Waals surface area (Å²) < 4.78 is 0. The van der Waals surface area contributed by atoms with E-state index in [1.807, 2.05) is 52.0 Å². The van der Waals surface area contributed by atoms with E-state index in [9.17, 15) is 9.90 Å². The van der Waals surface area contributed by atoms with Crippen LogP contribution in [0, 0.1) is 18.3 Å². The van der Waals surface area contributed by atoms with Gasteiger partial charge in [-0.05, 0) is 37.3 Å². The van der Waals surface area contributed by atoms with E-state index < -0.39 is 11.4 Å². The van der Waals surface area contributed by atoms with Crippen molar-refractivity contribution in [2.45, 2.75) is 34.1 Å². The molecule has 0 saturated heterocycles. The first kappa shape index (κ1) is 12.8. The number of carboxylic acid groups (broad SMARTS) is 1. The topological polar surface area (TPSA) is 37.3 Å². The normalized spacial score (nSPS) is 14.8. The monoisotopic (exact) mass is 220 g/mol. The summed E-state index contributed by atoms with van der Waals surface area (Å²) in [5.74, 6) is -0.602. The van der Waals surface area contributed by atoms with Crippen LogP contribution in [-0.2, 0) is 11.2 Å². The Morgan fingerprint density at radius 3 is 2.38 bits per heavy atom. The largest absolute Gasteiger partial charge is 0.481 e. The van der Waals surface area contributed by atoms with Crippen LogP contribution < -0.4 is 0 Å². The van der Waals surface area contributed by atoms with Gasteiger partial charge in [0.05, 0.1) is 5.41 Å². The van der Waals surface area contributed by atoms with E-state index in [0.717, 1.165) is 11.1 Å². The van der Waals surface area contributed by atoms with Gasteiger partial charge in [0, 0.05) is 0 Å². The maximum absolute atomic E-state index is 11.4. The fourth-order valence-corrected chi connectivity index (χ4v) is 1.73. The number of aliphatic carboxylic acids is 1. The van der Waals surface area contributed by atoms with Crippen molar-refractivity contribution >= 4 is 5.97 Å². The molecule has 0 amide bonds. The van der Waals surface area contributed by atoms with Crippen LogP contribution in [0.15, 0.2) is 24.3 Å². The summed E-state index contributed by atoms with van der Waals surface area (Å²) in [6.45, 7) is 7.78. The van der Waals surface area contributed by atoms with E-state index in [-0.39, 0.29) is 5.92 Å². The molecule has 0 heterocycles. The molecule has 0 fully saturated rings. The molecule has 1 atom stereocenters. The van der Waals surface area contributed by atoms with Crippen LogP contribution in [0.25, 0.3) is 0 Å². The van der Waals surface area contributed by atoms with Gasteiger partial charge in [0.1, 0.15) is 0 Å². The summed E-state index contributed by atoms with van der Waals surface area (Å²) in [5.41, 5.74) is 1.60. The Bertz CT molecular complexity index is 382. The zero-order chi connectivity index (χ0) is 12.3. The van der Waals surface area contributed by atoms with Gasteiger partial charge in [0.25, 0.3) is 0 Å². The van der Waals surface area contributed by atoms with Gasteiger partial charge in [-0.15, -0.1) is 0 Å². The predicted molar refractivity (Wildman–Crippen MR) is 65.5 cm³/mol. The number of carbonyl (C=O) groups is 1. The van der Waals surface area contributed by atoms with E-state index in [1.165, 1.54) is 0 Å². The molecule has 0 aromatic heterocycles. The molecule has 1 rings (SSSR count). The number of hydrogen-bond donors (Lipinski definition) is 1. The van der Waals surface area contributed by atoms with Crippen molar-refractivity contribution in [2.24, 2.45) is 11.3 Å². The third-order valence-electron chi connectivity index (χ3n) is 3.58. The summed E-state index contributed by atoms with van der Waals surface area (Å²) in [6.07, 6.45) is 0.590. The quantitative estimate of drug-likeness (QED) is 0.845. The van der Waals surface area contributed by atoms with Crippen LogP contribution in [0.4, 0.5) is 0 Å². The highest BCUT2D eigenvalue weighted by atomic mass is 16.4. The van der Waals surface area contributed by atoms with E-state index in [2.05, 4.69) is 0 Å². The minimum atomic E-state index is -0.717. The fourth-order valence-electron chi connectivity index (χ4n) is 1.73. The second-order valence-corrected chi connectivity index (χ2v) is 4.98. The summed E-state index contributed by atoms with van der Waals surface area (Å²) >= 11 is 0. The molecule has 1 N–H and O–H groups in total. The molecule has 1 aromatic carbocycles. The summed E-state index contributed by atoms with van der Waals surface area (Å²) in [4.78, 5) is 11.4. The Balaban J connectivity index is 3.02. The Labute approximate surface area is 97.3 Å². The summed E-state index contributed by atoms with van der Waals surface area (Å²) in [5, 5.41) is 9.36. The molecular weight excluding hydrogens is 200 g/mol. The Hall–Kier alpha value is -1.31. The maximum Gasteiger partial charge on any atom is 0.309 e. The van der Waals surface area contributed by atoms with E-state index in [0.29, 0.717) is 6.42 Å². The SMILES string of the molecule is Cc1ccccc1CC(C)(C(=O)O)C(C)C. The molecule has 88 valence electrons. The Kier molecular flexibility index (Phi) is 3.74. The van der Waals surface area contributed by atoms with Crippen LogP contribution >= 0.6 is 0 Å². The molecule has 2 nitrogen and oxygen atoms in total. The lowest BCUT2D eigenvalue weighted by molar-refractivity contribution is -0.150. The van der Waals surface area contributed by atoms with Gasteiger partial charge in [-0.1, -0.05) is 38.1 Å². The van der Waals surface area contributed by atoms with Gasteiger partial charge in [0.2, 0.25) is 0 Å². The van der Waals surface area contributed by atoms with Gasteiger partial charge in [-0.3, -0.25) is 4.79 Å². The second-order valence-electron chi connectivity index (χ2n) is 4.98. The number of hydrogen-bond acceptors (Lipinski definition) is 1. The first-order valence-electron chi connectivity index (χ1n) is 5.66. The van der Waals surface area contributed by atoms with Gasteiger partial charge < -0.3 is 5.11 Å². The molecule has 0 bridgehead atoms. The summed E-state index contributed by atoms with van der Waals surface area (Å²) in [7, 11) is 0. The Morgan fingerprint density at radius 1 is 1.38 bits per heavy atom. The minimum Gasteiger partial charge on any atom is -0.481 e. The van der Waals surface area contributed by atoms with Crippen LogP contribution in [-0.4, -0.2) is 11.1 Å². The predicted octanol–water partition coefficient (Wildman–Crippen LogP) is 3.28. The zero-order valence-corrected chi connectivity index (χ0v) is 10.4. The van der Waals surface area contributed by atoms with Crippen molar-refractivity contribution in [3.8, 4) is 0 Å². The maximum atomic E-state index is 11.4. The summed E-state index contributed by atoms with van der Waals surface area (Å²) in [6, 6.07) is 7.98. The second kappa shape index (κ2) is 4.69. The highest BCUT2D eigenvalue weighted by molar-refractivity contribution is 5.75. The average Bonchev–Trinajstić information content (AvgIpc) is 2.20. The molecule has 2 heteroatoms. The lowest BCUT2D eigenvalue weighted by atomic mass is 9.74. The van der Waals surface area contributed by atoms with Crippen molar-refractivity contribution in [2.75, 3.05) is 0 Å². The molecule has 0 aliphatic heterocycles. The van der Waals surface area contributed by atoms with E-state index >= 15 is 0 Å². The van der Waals surface area contributed by atoms with Crippen molar-refractivity contribution in [3.05, 3.63) is 35.4 Å². The molecule has 0 aliphatic carbocycles. The van der Waals surface area contributed by atoms with Gasteiger partial charge >= 0.3 is 5.97 Å². The van der Waals surface area contributed by atoms with Crippen LogP contribution in [0.3, 0.4) is 0 Å². The number of benzene rings is 1. The molecule has 1 unspecified atom stereocenters. The number of aryl methyl sites for hydroxylation is 1. The molecule has 0 radical (unpaired) electrons. The minimum absolute atomic E-state index is 0.115. The first-order valence-corrected chi connectivity index (χ1v) is 5.66. The fraction of sp³-hybridized carbons (Fsp3) is 0.500. The molecule has 0 spiro atoms. The van der Waals surface area contributed by atoms with Crippen molar-refractivity contribution in [1.29, 1.82) is 0 Å². The molecule has 0 saturated carbocycles. The van der Waals surface area contributed by atoms with Crippen LogP contribution in [0.2, 0.25) is 0 Å². The number of carboxylic acids is 1. The lowest BCUT2D eigenvalue weighted by Gasteiger charge is -2.29. The zero-order valence-electron chi connectivity index (χ0n) is 10.4. The van der Waals surface area contributed by atoms with E-state index in [4.69, 9.17) is 0 Å².